The molecule has 0 radical (unpaired) electrons. The summed E-state index contributed by atoms with van der Waals surface area (Å²) >= 11 is 0. The number of aliphatic carboxylic acids is 2. The third-order valence-electron chi connectivity index (χ3n) is 1.93. The standard InChI is InChI=1S/C6H9F2NO2.C2HF3O2/c7-6(8,5(10)11)4-9-2-1-3-9;3-2(4,5)1(6)7/h1-4H2,(H,10,11);(H,6,7). The third-order valence-corrected chi connectivity index (χ3v) is 1.93. The molecule has 0 spiro atoms. The van der Waals surface area contributed by atoms with Crippen molar-refractivity contribution < 1.29 is 41.8 Å². The summed E-state index contributed by atoms with van der Waals surface area (Å²) in [5.41, 5.74) is 0. The van der Waals surface area contributed by atoms with E-state index in [1.807, 2.05) is 0 Å². The average molecular weight is 279 g/mol. The molecule has 0 aromatic heterocycles. The molecular weight excluding hydrogens is 269 g/mol. The first-order valence-electron chi connectivity index (χ1n) is 4.60. The van der Waals surface area contributed by atoms with Gasteiger partial charge in [0.2, 0.25) is 0 Å². The fourth-order valence-electron chi connectivity index (χ4n) is 0.888. The molecule has 0 aromatic rings. The highest BCUT2D eigenvalue weighted by Crippen LogP contribution is 2.18. The van der Waals surface area contributed by atoms with E-state index in [1.54, 1.807) is 0 Å². The van der Waals surface area contributed by atoms with E-state index in [-0.39, 0.29) is 0 Å². The van der Waals surface area contributed by atoms with Gasteiger partial charge in [-0.15, -0.1) is 0 Å². The van der Waals surface area contributed by atoms with Crippen LogP contribution in [0.1, 0.15) is 6.42 Å². The van der Waals surface area contributed by atoms with Crippen LogP contribution in [0, 0.1) is 0 Å². The van der Waals surface area contributed by atoms with Crippen LogP contribution in [0.3, 0.4) is 0 Å². The molecule has 0 aliphatic carbocycles. The second-order valence-electron chi connectivity index (χ2n) is 3.44. The van der Waals surface area contributed by atoms with E-state index < -0.39 is 30.6 Å². The largest absolute Gasteiger partial charge is 0.490 e. The van der Waals surface area contributed by atoms with Crippen LogP contribution in [0.15, 0.2) is 0 Å². The van der Waals surface area contributed by atoms with E-state index in [4.69, 9.17) is 15.0 Å². The lowest BCUT2D eigenvalue weighted by molar-refractivity contribution is -0.192. The predicted molar refractivity (Wildman–Crippen MR) is 47.3 cm³/mol. The molecule has 106 valence electrons. The summed E-state index contributed by atoms with van der Waals surface area (Å²) < 4.78 is 56.5. The molecule has 1 rings (SSSR count). The van der Waals surface area contributed by atoms with E-state index >= 15 is 0 Å². The average Bonchev–Trinajstić information content (AvgIpc) is 2.11. The number of likely N-dealkylation sites (tertiary alicyclic amines) is 1. The van der Waals surface area contributed by atoms with Crippen LogP contribution in [0.5, 0.6) is 0 Å². The minimum Gasteiger partial charge on any atom is -0.477 e. The lowest BCUT2D eigenvalue weighted by Crippen LogP contribution is -2.48. The molecule has 2 N–H and O–H groups in total. The summed E-state index contributed by atoms with van der Waals surface area (Å²) in [6.07, 6.45) is -4.20. The van der Waals surface area contributed by atoms with Gasteiger partial charge in [0.15, 0.2) is 0 Å². The molecule has 0 aromatic carbocycles. The van der Waals surface area contributed by atoms with Crippen molar-refractivity contribution in [3.63, 3.8) is 0 Å². The fourth-order valence-corrected chi connectivity index (χ4v) is 0.888. The zero-order valence-electron chi connectivity index (χ0n) is 8.88. The Morgan fingerprint density at radius 1 is 1.00 bits per heavy atom. The number of nitrogens with zero attached hydrogens (tertiary/aromatic N) is 1. The molecule has 18 heavy (non-hydrogen) atoms. The first-order chi connectivity index (χ1) is 7.97. The van der Waals surface area contributed by atoms with Crippen molar-refractivity contribution >= 4 is 11.9 Å². The molecular formula is C8H10F5NO4. The van der Waals surface area contributed by atoms with Crippen molar-refractivity contribution in [1.82, 2.24) is 4.90 Å². The molecule has 0 atom stereocenters. The lowest BCUT2D eigenvalue weighted by atomic mass is 10.2. The number of carbonyl (C=O) groups is 2. The lowest BCUT2D eigenvalue weighted by Gasteiger charge is -2.32. The van der Waals surface area contributed by atoms with Crippen LogP contribution >= 0.6 is 0 Å². The second kappa shape index (κ2) is 5.94. The van der Waals surface area contributed by atoms with Gasteiger partial charge >= 0.3 is 24.0 Å². The minimum absolute atomic E-state index is 0.586. The topological polar surface area (TPSA) is 77.8 Å². The molecule has 10 heteroatoms. The summed E-state index contributed by atoms with van der Waals surface area (Å²) in [5, 5.41) is 15.2. The molecule has 1 heterocycles. The van der Waals surface area contributed by atoms with Crippen molar-refractivity contribution in [3.8, 4) is 0 Å². The number of hydrogen-bond acceptors (Lipinski definition) is 3. The van der Waals surface area contributed by atoms with Gasteiger partial charge < -0.3 is 10.2 Å². The first-order valence-corrected chi connectivity index (χ1v) is 4.60. The van der Waals surface area contributed by atoms with Crippen LogP contribution in [-0.4, -0.2) is 58.8 Å². The molecule has 1 saturated heterocycles. The Bertz CT molecular complexity index is 313. The highest BCUT2D eigenvalue weighted by Gasteiger charge is 2.41. The van der Waals surface area contributed by atoms with E-state index in [2.05, 4.69) is 0 Å². The molecule has 5 nitrogen and oxygen atoms in total. The van der Waals surface area contributed by atoms with Gasteiger partial charge in [0.25, 0.3) is 0 Å². The Balaban J connectivity index is 0.000000360. The summed E-state index contributed by atoms with van der Waals surface area (Å²) in [4.78, 5) is 20.2. The highest BCUT2D eigenvalue weighted by molar-refractivity contribution is 5.75. The van der Waals surface area contributed by atoms with Gasteiger partial charge in [0.05, 0.1) is 6.54 Å². The van der Waals surface area contributed by atoms with Crippen LogP contribution in [-0.2, 0) is 9.59 Å². The Morgan fingerprint density at radius 3 is 1.56 bits per heavy atom. The summed E-state index contributed by atoms with van der Waals surface area (Å²) in [5.74, 6) is -8.38. The maximum Gasteiger partial charge on any atom is 0.490 e. The zero-order chi connectivity index (χ0) is 14.6. The molecule has 0 amide bonds. The quantitative estimate of drug-likeness (QED) is 0.755. The molecule has 0 unspecified atom stereocenters. The van der Waals surface area contributed by atoms with Crippen molar-refractivity contribution in [2.75, 3.05) is 19.6 Å². The first kappa shape index (κ1) is 16.6. The van der Waals surface area contributed by atoms with Crippen LogP contribution in [0.4, 0.5) is 22.0 Å². The molecule has 0 bridgehead atoms. The summed E-state index contributed by atoms with van der Waals surface area (Å²) in [6, 6.07) is 0. The van der Waals surface area contributed by atoms with Crippen molar-refractivity contribution in [3.05, 3.63) is 0 Å². The van der Waals surface area contributed by atoms with Gasteiger partial charge in [-0.1, -0.05) is 0 Å². The van der Waals surface area contributed by atoms with Crippen LogP contribution in [0.2, 0.25) is 0 Å². The zero-order valence-corrected chi connectivity index (χ0v) is 8.88. The smallest absolute Gasteiger partial charge is 0.477 e. The SMILES string of the molecule is O=C(O)C(F)(F)CN1CCC1.O=C(O)C(F)(F)F. The van der Waals surface area contributed by atoms with Crippen molar-refractivity contribution in [2.24, 2.45) is 0 Å². The predicted octanol–water partition coefficient (Wildman–Crippen LogP) is 1.05. The van der Waals surface area contributed by atoms with E-state index in [1.165, 1.54) is 4.90 Å². The fraction of sp³-hybridized carbons (Fsp3) is 0.750. The van der Waals surface area contributed by atoms with Gasteiger partial charge in [-0.25, -0.2) is 9.59 Å². The summed E-state index contributed by atoms with van der Waals surface area (Å²) in [6.45, 7) is 0.522. The molecule has 1 aliphatic rings. The van der Waals surface area contributed by atoms with Gasteiger partial charge in [-0.05, 0) is 19.5 Å². The molecule has 1 aliphatic heterocycles. The molecule has 1 fully saturated rings. The van der Waals surface area contributed by atoms with E-state index in [9.17, 15) is 26.7 Å². The third kappa shape index (κ3) is 5.75. The number of alkyl halides is 5. The highest BCUT2D eigenvalue weighted by atomic mass is 19.4. The van der Waals surface area contributed by atoms with E-state index in [0.717, 1.165) is 6.42 Å². The van der Waals surface area contributed by atoms with Gasteiger partial charge in [-0.3, -0.25) is 4.90 Å². The number of carboxylic acids is 2. The monoisotopic (exact) mass is 279 g/mol. The van der Waals surface area contributed by atoms with E-state index in [0.29, 0.717) is 13.1 Å². The summed E-state index contributed by atoms with van der Waals surface area (Å²) in [7, 11) is 0. The Labute approximate surface area is 97.8 Å². The maximum atomic E-state index is 12.4. The van der Waals surface area contributed by atoms with Crippen LogP contribution < -0.4 is 0 Å². The minimum atomic E-state index is -5.08. The Morgan fingerprint density at radius 2 is 1.39 bits per heavy atom. The normalized spacial score (nSPS) is 16.3. The van der Waals surface area contributed by atoms with Crippen molar-refractivity contribution in [2.45, 2.75) is 18.5 Å². The second-order valence-corrected chi connectivity index (χ2v) is 3.44. The Hall–Kier alpha value is -1.45. The number of carboxylic acid groups (broad SMARTS) is 2. The van der Waals surface area contributed by atoms with Gasteiger partial charge in [-0.2, -0.15) is 22.0 Å². The number of halogens is 5. The van der Waals surface area contributed by atoms with Gasteiger partial charge in [0.1, 0.15) is 0 Å². The van der Waals surface area contributed by atoms with Crippen LogP contribution in [0.25, 0.3) is 0 Å². The Kier molecular flexibility index (Phi) is 5.46. The molecule has 0 saturated carbocycles. The van der Waals surface area contributed by atoms with Crippen molar-refractivity contribution in [1.29, 1.82) is 0 Å². The van der Waals surface area contributed by atoms with Gasteiger partial charge in [0, 0.05) is 0 Å². The number of rotatable bonds is 3. The number of hydrogen-bond donors (Lipinski definition) is 2. The maximum absolute atomic E-state index is 12.4.